The minimum Gasteiger partial charge on any atom is -0.465 e. The molecule has 0 radical (unpaired) electrons. The zero-order valence-corrected chi connectivity index (χ0v) is 6.37. The van der Waals surface area contributed by atoms with Crippen LogP contribution in [0.5, 0.6) is 0 Å². The van der Waals surface area contributed by atoms with Crippen LogP contribution in [0, 0.1) is 0 Å². The van der Waals surface area contributed by atoms with Crippen LogP contribution in [0.4, 0.5) is 0 Å². The third kappa shape index (κ3) is 1.47. The largest absolute Gasteiger partial charge is 0.465 e. The minimum atomic E-state index is -0.696. The number of ether oxygens (including phenoxy) is 1. The number of allylic oxidation sites excluding steroid dienone is 2. The van der Waals surface area contributed by atoms with Crippen molar-refractivity contribution in [2.24, 2.45) is 0 Å². The minimum absolute atomic E-state index is 0.0992. The zero-order valence-electron chi connectivity index (χ0n) is 6.37. The molecule has 0 aromatic carbocycles. The first-order valence-corrected chi connectivity index (χ1v) is 3.21. The lowest BCUT2D eigenvalue weighted by Gasteiger charge is -2.01. The fraction of sp³-hybridized carbons (Fsp3) is 0.125. The molecule has 4 heteroatoms. The van der Waals surface area contributed by atoms with Crippen LogP contribution in [0.15, 0.2) is 23.8 Å². The molecule has 0 N–H and O–H groups in total. The molecule has 0 saturated carbocycles. The Kier molecular flexibility index (Phi) is 2.19. The fourth-order valence-corrected chi connectivity index (χ4v) is 0.753. The van der Waals surface area contributed by atoms with Crippen molar-refractivity contribution < 1.29 is 19.1 Å². The second-order valence-electron chi connectivity index (χ2n) is 2.15. The van der Waals surface area contributed by atoms with Crippen molar-refractivity contribution >= 4 is 17.5 Å². The predicted molar refractivity (Wildman–Crippen MR) is 39.3 cm³/mol. The van der Waals surface area contributed by atoms with E-state index in [1.165, 1.54) is 13.2 Å². The van der Waals surface area contributed by atoms with Gasteiger partial charge in [0.25, 0.3) is 0 Å². The summed E-state index contributed by atoms with van der Waals surface area (Å²) in [5, 5.41) is 0. The van der Waals surface area contributed by atoms with E-state index in [1.54, 1.807) is 0 Å². The van der Waals surface area contributed by atoms with Gasteiger partial charge in [0, 0.05) is 6.08 Å². The standard InChI is InChI=1S/C8H6O4/c1-12-8(11)5-2-3-6(9)7(10)4-5/h2-4H,1H3. The van der Waals surface area contributed by atoms with Crippen molar-refractivity contribution in [1.29, 1.82) is 0 Å². The fourth-order valence-electron chi connectivity index (χ4n) is 0.753. The normalized spacial score (nSPS) is 15.9. The summed E-state index contributed by atoms with van der Waals surface area (Å²) in [5.74, 6) is -1.94. The molecule has 0 unspecified atom stereocenters. The molecule has 0 saturated heterocycles. The molecule has 0 heterocycles. The number of rotatable bonds is 1. The van der Waals surface area contributed by atoms with Gasteiger partial charge < -0.3 is 4.74 Å². The molecule has 0 bridgehead atoms. The Balaban J connectivity index is 2.90. The van der Waals surface area contributed by atoms with Gasteiger partial charge in [-0.3, -0.25) is 9.59 Å². The molecule has 62 valence electrons. The van der Waals surface area contributed by atoms with E-state index in [9.17, 15) is 14.4 Å². The Morgan fingerprint density at radius 2 is 1.92 bits per heavy atom. The maximum absolute atomic E-state index is 10.8. The van der Waals surface area contributed by atoms with Crippen molar-refractivity contribution in [3.63, 3.8) is 0 Å². The zero-order chi connectivity index (χ0) is 9.14. The number of esters is 1. The van der Waals surface area contributed by atoms with E-state index >= 15 is 0 Å². The van der Waals surface area contributed by atoms with E-state index < -0.39 is 17.5 Å². The van der Waals surface area contributed by atoms with Gasteiger partial charge in [-0.15, -0.1) is 0 Å². The Bertz CT molecular complexity index is 309. The smallest absolute Gasteiger partial charge is 0.337 e. The average molecular weight is 166 g/mol. The summed E-state index contributed by atoms with van der Waals surface area (Å²) >= 11 is 0. The van der Waals surface area contributed by atoms with Crippen molar-refractivity contribution in [3.8, 4) is 0 Å². The van der Waals surface area contributed by atoms with Crippen molar-refractivity contribution in [3.05, 3.63) is 23.8 Å². The number of hydrogen-bond donors (Lipinski definition) is 0. The van der Waals surface area contributed by atoms with Crippen molar-refractivity contribution in [2.75, 3.05) is 7.11 Å². The molecular formula is C8H6O4. The lowest BCUT2D eigenvalue weighted by molar-refractivity contribution is -0.136. The summed E-state index contributed by atoms with van der Waals surface area (Å²) in [4.78, 5) is 32.2. The van der Waals surface area contributed by atoms with Crippen LogP contribution < -0.4 is 0 Å². The molecule has 0 atom stereocenters. The van der Waals surface area contributed by atoms with E-state index in [2.05, 4.69) is 4.74 Å². The van der Waals surface area contributed by atoms with Gasteiger partial charge in [-0.25, -0.2) is 4.79 Å². The van der Waals surface area contributed by atoms with E-state index in [1.807, 2.05) is 0 Å². The third-order valence-electron chi connectivity index (χ3n) is 1.36. The Morgan fingerprint density at radius 3 is 2.42 bits per heavy atom. The van der Waals surface area contributed by atoms with E-state index in [-0.39, 0.29) is 5.57 Å². The molecule has 12 heavy (non-hydrogen) atoms. The summed E-state index contributed by atoms with van der Waals surface area (Å²) in [6, 6.07) is 0. The lowest BCUT2D eigenvalue weighted by atomic mass is 10.1. The van der Waals surface area contributed by atoms with Gasteiger partial charge in [0.15, 0.2) is 0 Å². The highest BCUT2D eigenvalue weighted by Crippen LogP contribution is 2.05. The van der Waals surface area contributed by atoms with Crippen LogP contribution in [0.25, 0.3) is 0 Å². The summed E-state index contributed by atoms with van der Waals surface area (Å²) in [6.45, 7) is 0. The van der Waals surface area contributed by atoms with Gasteiger partial charge in [-0.1, -0.05) is 0 Å². The second kappa shape index (κ2) is 3.13. The van der Waals surface area contributed by atoms with Crippen molar-refractivity contribution in [1.82, 2.24) is 0 Å². The maximum Gasteiger partial charge on any atom is 0.337 e. The topological polar surface area (TPSA) is 60.4 Å². The van der Waals surface area contributed by atoms with Crippen LogP contribution in [0.1, 0.15) is 0 Å². The first kappa shape index (κ1) is 8.39. The van der Waals surface area contributed by atoms with Gasteiger partial charge >= 0.3 is 5.97 Å². The molecule has 0 aliphatic heterocycles. The molecule has 0 amide bonds. The van der Waals surface area contributed by atoms with E-state index in [0.717, 1.165) is 12.2 Å². The van der Waals surface area contributed by atoms with Crippen molar-refractivity contribution in [2.45, 2.75) is 0 Å². The number of carbonyl (C=O) groups excluding carboxylic acids is 3. The molecule has 4 nitrogen and oxygen atoms in total. The Morgan fingerprint density at radius 1 is 1.25 bits per heavy atom. The molecule has 0 spiro atoms. The summed E-state index contributed by atoms with van der Waals surface area (Å²) in [5.41, 5.74) is 0.0992. The van der Waals surface area contributed by atoms with Gasteiger partial charge in [0.1, 0.15) is 0 Å². The molecule has 1 aliphatic rings. The lowest BCUT2D eigenvalue weighted by Crippen LogP contribution is -2.15. The third-order valence-corrected chi connectivity index (χ3v) is 1.36. The highest BCUT2D eigenvalue weighted by molar-refractivity contribution is 6.47. The SMILES string of the molecule is COC(=O)C1=CC(=O)C(=O)C=C1. The van der Waals surface area contributed by atoms with Gasteiger partial charge in [-0.05, 0) is 12.2 Å². The molecule has 1 aliphatic carbocycles. The highest BCUT2D eigenvalue weighted by Gasteiger charge is 2.17. The molecular weight excluding hydrogens is 160 g/mol. The van der Waals surface area contributed by atoms with Crippen LogP contribution in [0.3, 0.4) is 0 Å². The number of ketones is 2. The number of carbonyl (C=O) groups is 3. The molecule has 1 rings (SSSR count). The van der Waals surface area contributed by atoms with Crippen LogP contribution in [-0.4, -0.2) is 24.6 Å². The summed E-state index contributed by atoms with van der Waals surface area (Å²) in [7, 11) is 1.21. The number of hydrogen-bond acceptors (Lipinski definition) is 4. The highest BCUT2D eigenvalue weighted by atomic mass is 16.5. The average Bonchev–Trinajstić information content (AvgIpc) is 2.08. The van der Waals surface area contributed by atoms with E-state index in [0.29, 0.717) is 0 Å². The Hall–Kier alpha value is -1.71. The monoisotopic (exact) mass is 166 g/mol. The number of methoxy groups -OCH3 is 1. The molecule has 0 aromatic heterocycles. The van der Waals surface area contributed by atoms with E-state index in [4.69, 9.17) is 0 Å². The van der Waals surface area contributed by atoms with Gasteiger partial charge in [0.05, 0.1) is 12.7 Å². The summed E-state index contributed by atoms with van der Waals surface area (Å²) in [6.07, 6.45) is 3.28. The van der Waals surface area contributed by atoms with Crippen LogP contribution in [0.2, 0.25) is 0 Å². The first-order chi connectivity index (χ1) is 5.65. The van der Waals surface area contributed by atoms with Gasteiger partial charge in [-0.2, -0.15) is 0 Å². The predicted octanol–water partition coefficient (Wildman–Crippen LogP) is -0.206. The molecule has 0 fully saturated rings. The first-order valence-electron chi connectivity index (χ1n) is 3.21. The maximum atomic E-state index is 10.8. The van der Waals surface area contributed by atoms with Crippen LogP contribution in [-0.2, 0) is 19.1 Å². The van der Waals surface area contributed by atoms with Gasteiger partial charge in [0.2, 0.25) is 11.6 Å². The van der Waals surface area contributed by atoms with Crippen LogP contribution >= 0.6 is 0 Å². The Labute approximate surface area is 68.5 Å². The molecule has 0 aromatic rings. The summed E-state index contributed by atoms with van der Waals surface area (Å²) < 4.78 is 4.35. The second-order valence-corrected chi connectivity index (χ2v) is 2.15. The quantitative estimate of drug-likeness (QED) is 0.307.